The number of benzene rings is 1. The van der Waals surface area contributed by atoms with Crippen LogP contribution >= 0.6 is 0 Å². The molecular weight excluding hydrogens is 322 g/mol. The van der Waals surface area contributed by atoms with Gasteiger partial charge < -0.3 is 11.1 Å². The van der Waals surface area contributed by atoms with Gasteiger partial charge in [-0.05, 0) is 44.0 Å². The highest BCUT2D eigenvalue weighted by molar-refractivity contribution is 6.10. The molecule has 1 aliphatic heterocycles. The van der Waals surface area contributed by atoms with Gasteiger partial charge in [-0.2, -0.15) is 0 Å². The average Bonchev–Trinajstić information content (AvgIpc) is 2.86. The van der Waals surface area contributed by atoms with Gasteiger partial charge in [0.1, 0.15) is 6.04 Å². The molecular formula is C18H19N3O4. The van der Waals surface area contributed by atoms with Crippen molar-refractivity contribution in [3.63, 3.8) is 0 Å². The normalized spacial score (nSPS) is 23.3. The Labute approximate surface area is 144 Å². The molecule has 7 heteroatoms. The highest BCUT2D eigenvalue weighted by atomic mass is 16.2. The summed E-state index contributed by atoms with van der Waals surface area (Å²) >= 11 is 0. The molecule has 0 saturated carbocycles. The Balaban J connectivity index is 1.71. The van der Waals surface area contributed by atoms with Gasteiger partial charge in [-0.1, -0.05) is 12.2 Å². The van der Waals surface area contributed by atoms with E-state index in [1.165, 1.54) is 19.1 Å². The van der Waals surface area contributed by atoms with Crippen molar-refractivity contribution in [1.29, 1.82) is 0 Å². The molecule has 1 aromatic carbocycles. The molecule has 2 aliphatic rings. The monoisotopic (exact) mass is 341 g/mol. The van der Waals surface area contributed by atoms with E-state index in [2.05, 4.69) is 5.32 Å². The van der Waals surface area contributed by atoms with E-state index in [9.17, 15) is 19.2 Å². The first-order valence-electron chi connectivity index (χ1n) is 8.12. The Morgan fingerprint density at radius 1 is 1.08 bits per heavy atom. The maximum absolute atomic E-state index is 12.5. The number of rotatable bonds is 4. The number of anilines is 1. The number of fused-ring (bicyclic) bond motifs is 1. The number of imide groups is 1. The molecule has 130 valence electrons. The molecule has 1 aromatic rings. The van der Waals surface area contributed by atoms with Crippen LogP contribution in [0.25, 0.3) is 0 Å². The van der Waals surface area contributed by atoms with Gasteiger partial charge in [-0.3, -0.25) is 24.1 Å². The maximum atomic E-state index is 12.5. The molecule has 1 saturated heterocycles. The van der Waals surface area contributed by atoms with E-state index in [1.54, 1.807) is 12.1 Å². The number of nitrogens with one attached hydrogen (secondary N) is 1. The van der Waals surface area contributed by atoms with Gasteiger partial charge in [-0.15, -0.1) is 0 Å². The first-order valence-corrected chi connectivity index (χ1v) is 8.12. The number of primary amides is 1. The topological polar surface area (TPSA) is 110 Å². The molecule has 0 spiro atoms. The van der Waals surface area contributed by atoms with Crippen LogP contribution in [0.4, 0.5) is 5.69 Å². The first kappa shape index (κ1) is 16.9. The molecule has 1 aliphatic carbocycles. The number of hydrogen-bond donors (Lipinski definition) is 2. The zero-order valence-electron chi connectivity index (χ0n) is 13.8. The largest absolute Gasteiger partial charge is 0.366 e. The fraction of sp³-hybridized carbons (Fsp3) is 0.333. The van der Waals surface area contributed by atoms with Crippen LogP contribution in [0.2, 0.25) is 0 Å². The van der Waals surface area contributed by atoms with Gasteiger partial charge in [0.2, 0.25) is 23.6 Å². The Bertz CT molecular complexity index is 743. The van der Waals surface area contributed by atoms with Crippen LogP contribution in [-0.4, -0.2) is 34.6 Å². The van der Waals surface area contributed by atoms with Crippen LogP contribution in [0, 0.1) is 11.8 Å². The van der Waals surface area contributed by atoms with Gasteiger partial charge in [0.05, 0.1) is 11.8 Å². The Kier molecular flexibility index (Phi) is 4.39. The van der Waals surface area contributed by atoms with E-state index in [0.717, 1.165) is 4.90 Å². The summed E-state index contributed by atoms with van der Waals surface area (Å²) in [5.74, 6) is -2.31. The van der Waals surface area contributed by atoms with E-state index in [1.807, 2.05) is 12.2 Å². The van der Waals surface area contributed by atoms with E-state index in [0.29, 0.717) is 24.1 Å². The van der Waals surface area contributed by atoms with Crippen LogP contribution in [0.1, 0.15) is 30.1 Å². The van der Waals surface area contributed by atoms with Crippen LogP contribution in [-0.2, 0) is 14.4 Å². The van der Waals surface area contributed by atoms with Gasteiger partial charge in [-0.25, -0.2) is 0 Å². The highest BCUT2D eigenvalue weighted by Crippen LogP contribution is 2.36. The molecule has 4 amide bonds. The number of carbonyl (C=O) groups is 4. The molecule has 25 heavy (non-hydrogen) atoms. The SMILES string of the molecule is C[C@@H](C(=O)Nc1ccc(C(N)=O)cc1)N1C(=O)[C@H]2CC=CC[C@H]2C1=O. The molecule has 0 radical (unpaired) electrons. The second kappa shape index (κ2) is 6.51. The second-order valence-electron chi connectivity index (χ2n) is 6.31. The minimum absolute atomic E-state index is 0.286. The van der Waals surface area contributed by atoms with Crippen LogP contribution in [0.15, 0.2) is 36.4 Å². The number of likely N-dealkylation sites (tertiary alicyclic amines) is 1. The third-order valence-electron chi connectivity index (χ3n) is 4.75. The lowest BCUT2D eigenvalue weighted by Crippen LogP contribution is -2.46. The lowest BCUT2D eigenvalue weighted by Gasteiger charge is -2.22. The first-order chi connectivity index (χ1) is 11.9. The number of nitrogens with zero attached hydrogens (tertiary/aromatic N) is 1. The van der Waals surface area contributed by atoms with Crippen molar-refractivity contribution in [2.24, 2.45) is 17.6 Å². The lowest BCUT2D eigenvalue weighted by atomic mass is 9.85. The highest BCUT2D eigenvalue weighted by Gasteiger charge is 2.50. The van der Waals surface area contributed by atoms with E-state index < -0.39 is 17.9 Å². The number of allylic oxidation sites excluding steroid dienone is 2. The van der Waals surface area contributed by atoms with E-state index in [4.69, 9.17) is 5.73 Å². The minimum Gasteiger partial charge on any atom is -0.366 e. The number of nitrogens with two attached hydrogens (primary N) is 1. The summed E-state index contributed by atoms with van der Waals surface area (Å²) in [4.78, 5) is 49.6. The van der Waals surface area contributed by atoms with Crippen molar-refractivity contribution in [1.82, 2.24) is 4.90 Å². The van der Waals surface area contributed by atoms with E-state index >= 15 is 0 Å². The summed E-state index contributed by atoms with van der Waals surface area (Å²) in [6, 6.07) is 5.18. The maximum Gasteiger partial charge on any atom is 0.248 e. The quantitative estimate of drug-likeness (QED) is 0.630. The summed E-state index contributed by atoms with van der Waals surface area (Å²) in [5, 5.41) is 2.65. The zero-order chi connectivity index (χ0) is 18.1. The minimum atomic E-state index is -0.901. The number of carbonyl (C=O) groups excluding carboxylic acids is 4. The predicted molar refractivity (Wildman–Crippen MR) is 90.3 cm³/mol. The standard InChI is InChI=1S/C18H19N3O4/c1-10(16(23)20-12-8-6-11(7-9-12)15(19)22)21-17(24)13-4-2-3-5-14(13)18(21)25/h2-3,6-10,13-14H,4-5H2,1H3,(H2,19,22)(H,20,23)/t10-,13-,14+/m0/s1. The van der Waals surface area contributed by atoms with Crippen molar-refractivity contribution in [3.05, 3.63) is 42.0 Å². The van der Waals surface area contributed by atoms with Crippen molar-refractivity contribution in [2.75, 3.05) is 5.32 Å². The van der Waals surface area contributed by atoms with Gasteiger partial charge in [0.15, 0.2) is 0 Å². The molecule has 0 unspecified atom stereocenters. The predicted octanol–water partition coefficient (Wildman–Crippen LogP) is 1.06. The lowest BCUT2D eigenvalue weighted by molar-refractivity contribution is -0.146. The van der Waals surface area contributed by atoms with Gasteiger partial charge in [0.25, 0.3) is 0 Å². The third-order valence-corrected chi connectivity index (χ3v) is 4.75. The summed E-state index contributed by atoms with van der Waals surface area (Å²) < 4.78 is 0. The molecule has 1 fully saturated rings. The van der Waals surface area contributed by atoms with Crippen molar-refractivity contribution < 1.29 is 19.2 Å². The van der Waals surface area contributed by atoms with Gasteiger partial charge in [0, 0.05) is 11.3 Å². The smallest absolute Gasteiger partial charge is 0.248 e. The van der Waals surface area contributed by atoms with Crippen molar-refractivity contribution in [3.8, 4) is 0 Å². The van der Waals surface area contributed by atoms with Crippen LogP contribution in [0.3, 0.4) is 0 Å². The molecule has 0 bridgehead atoms. The van der Waals surface area contributed by atoms with Crippen molar-refractivity contribution >= 4 is 29.3 Å². The molecule has 7 nitrogen and oxygen atoms in total. The average molecular weight is 341 g/mol. The summed E-state index contributed by atoms with van der Waals surface area (Å²) in [5.41, 5.74) is 5.96. The van der Waals surface area contributed by atoms with Crippen LogP contribution < -0.4 is 11.1 Å². The van der Waals surface area contributed by atoms with Gasteiger partial charge >= 0.3 is 0 Å². The summed E-state index contributed by atoms with van der Waals surface area (Å²) in [6.45, 7) is 1.54. The van der Waals surface area contributed by atoms with E-state index in [-0.39, 0.29) is 23.7 Å². The number of hydrogen-bond acceptors (Lipinski definition) is 4. The Morgan fingerprint density at radius 3 is 2.08 bits per heavy atom. The fourth-order valence-electron chi connectivity index (χ4n) is 3.29. The number of amides is 4. The molecule has 0 aromatic heterocycles. The summed E-state index contributed by atoms with van der Waals surface area (Å²) in [6.07, 6.45) is 4.88. The molecule has 1 heterocycles. The van der Waals surface area contributed by atoms with Crippen molar-refractivity contribution in [2.45, 2.75) is 25.8 Å². The fourth-order valence-corrected chi connectivity index (χ4v) is 3.29. The van der Waals surface area contributed by atoms with Crippen LogP contribution in [0.5, 0.6) is 0 Å². The zero-order valence-corrected chi connectivity index (χ0v) is 13.8. The third kappa shape index (κ3) is 3.05. The molecule has 3 N–H and O–H groups in total. The Hall–Kier alpha value is -2.96. The second-order valence-corrected chi connectivity index (χ2v) is 6.31. The summed E-state index contributed by atoms with van der Waals surface area (Å²) in [7, 11) is 0. The Morgan fingerprint density at radius 2 is 1.60 bits per heavy atom. The molecule has 3 atom stereocenters. The molecule has 3 rings (SSSR count).